The minimum absolute atomic E-state index is 0.0288. The number of nitrogens with zero attached hydrogens (tertiary/aromatic N) is 4. The maximum absolute atomic E-state index is 11.9. The van der Waals surface area contributed by atoms with E-state index in [0.29, 0.717) is 5.95 Å². The Morgan fingerprint density at radius 2 is 2.27 bits per heavy atom. The Balaban J connectivity index is 2.15. The third kappa shape index (κ3) is 2.05. The maximum Gasteiger partial charge on any atom is 0.360 e. The predicted octanol–water partition coefficient (Wildman–Crippen LogP) is 1.38. The first kappa shape index (κ1) is 13.6. The van der Waals surface area contributed by atoms with Crippen molar-refractivity contribution in [1.29, 1.82) is 5.26 Å². The lowest BCUT2D eigenvalue weighted by Gasteiger charge is -1.97. The summed E-state index contributed by atoms with van der Waals surface area (Å²) in [4.78, 5) is 19.2. The Morgan fingerprint density at radius 1 is 1.50 bits per heavy atom. The molecule has 3 rings (SSSR count). The highest BCUT2D eigenvalue weighted by Crippen LogP contribution is 2.21. The van der Waals surface area contributed by atoms with Crippen LogP contribution in [0.1, 0.15) is 23.0 Å². The van der Waals surface area contributed by atoms with Gasteiger partial charge < -0.3 is 15.5 Å². The molecule has 0 atom stereocenters. The van der Waals surface area contributed by atoms with Crippen LogP contribution in [0.25, 0.3) is 17.0 Å². The van der Waals surface area contributed by atoms with Crippen molar-refractivity contribution in [2.75, 3.05) is 12.3 Å². The van der Waals surface area contributed by atoms with Gasteiger partial charge in [-0.3, -0.25) is 0 Å². The van der Waals surface area contributed by atoms with E-state index in [2.05, 4.69) is 15.1 Å². The van der Waals surface area contributed by atoms with E-state index in [9.17, 15) is 10.1 Å². The Kier molecular flexibility index (Phi) is 3.23. The monoisotopic (exact) mass is 296 g/mol. The summed E-state index contributed by atoms with van der Waals surface area (Å²) >= 11 is 0. The number of imidazole rings is 1. The number of hydrogen-bond acceptors (Lipinski definition) is 6. The maximum atomic E-state index is 11.9. The quantitative estimate of drug-likeness (QED) is 0.704. The third-order valence-electron chi connectivity index (χ3n) is 3.08. The minimum Gasteiger partial charge on any atom is -0.461 e. The van der Waals surface area contributed by atoms with E-state index >= 15 is 0 Å². The number of nitrogen functional groups attached to an aromatic ring is 1. The van der Waals surface area contributed by atoms with Crippen molar-refractivity contribution in [2.24, 2.45) is 0 Å². The molecular formula is C14H12N6O2. The molecule has 0 saturated carbocycles. The molecule has 2 aromatic heterocycles. The van der Waals surface area contributed by atoms with Gasteiger partial charge in [-0.2, -0.15) is 15.0 Å². The Morgan fingerprint density at radius 3 is 2.95 bits per heavy atom. The van der Waals surface area contributed by atoms with E-state index in [1.54, 1.807) is 6.92 Å². The van der Waals surface area contributed by atoms with Crippen LogP contribution in [0, 0.1) is 11.3 Å². The second kappa shape index (κ2) is 5.21. The molecule has 0 bridgehead atoms. The minimum atomic E-state index is -0.694. The fraction of sp³-hybridized carbons (Fsp3) is 0.143. The topological polar surface area (TPSA) is 123 Å². The number of carbonyl (C=O) groups excluding carboxylic acids is 1. The summed E-state index contributed by atoms with van der Waals surface area (Å²) < 4.78 is 6.11. The molecule has 0 aliphatic heterocycles. The van der Waals surface area contributed by atoms with Crippen molar-refractivity contribution in [1.82, 2.24) is 19.7 Å². The molecule has 8 heteroatoms. The van der Waals surface area contributed by atoms with Gasteiger partial charge in [-0.05, 0) is 19.1 Å². The number of nitriles is 1. The van der Waals surface area contributed by atoms with Gasteiger partial charge in [0, 0.05) is 0 Å². The molecule has 2 heterocycles. The zero-order chi connectivity index (χ0) is 15.7. The van der Waals surface area contributed by atoms with Crippen LogP contribution in [-0.2, 0) is 4.74 Å². The number of fused-ring (bicyclic) bond motifs is 1. The first-order valence-corrected chi connectivity index (χ1v) is 6.56. The van der Waals surface area contributed by atoms with Crippen molar-refractivity contribution in [3.05, 3.63) is 35.5 Å². The number of aromatic amines is 1. The Labute approximate surface area is 125 Å². The normalized spacial score (nSPS) is 10.5. The van der Waals surface area contributed by atoms with Gasteiger partial charge in [0.15, 0.2) is 5.69 Å². The second-order valence-corrected chi connectivity index (χ2v) is 4.43. The van der Waals surface area contributed by atoms with Gasteiger partial charge in [0.2, 0.25) is 5.95 Å². The summed E-state index contributed by atoms with van der Waals surface area (Å²) in [6, 6.07) is 9.27. The average molecular weight is 296 g/mol. The second-order valence-electron chi connectivity index (χ2n) is 4.43. The van der Waals surface area contributed by atoms with Crippen LogP contribution in [0.5, 0.6) is 0 Å². The molecular weight excluding hydrogens is 284 g/mol. The van der Waals surface area contributed by atoms with E-state index in [1.807, 2.05) is 30.3 Å². The lowest BCUT2D eigenvalue weighted by Crippen LogP contribution is -2.08. The highest BCUT2D eigenvalue weighted by Gasteiger charge is 2.24. The van der Waals surface area contributed by atoms with Gasteiger partial charge in [-0.25, -0.2) is 9.78 Å². The first-order valence-electron chi connectivity index (χ1n) is 6.56. The summed E-state index contributed by atoms with van der Waals surface area (Å²) in [5, 5.41) is 13.3. The van der Waals surface area contributed by atoms with Gasteiger partial charge in [-0.1, -0.05) is 12.1 Å². The summed E-state index contributed by atoms with van der Waals surface area (Å²) in [6.07, 6.45) is 0. The van der Waals surface area contributed by atoms with Crippen molar-refractivity contribution < 1.29 is 9.53 Å². The van der Waals surface area contributed by atoms with E-state index in [1.165, 1.54) is 4.68 Å². The van der Waals surface area contributed by atoms with Crippen LogP contribution in [0.15, 0.2) is 24.3 Å². The number of rotatable bonds is 3. The number of benzene rings is 1. The zero-order valence-electron chi connectivity index (χ0n) is 11.7. The molecule has 3 aromatic rings. The standard InChI is InChI=1S/C14H12N6O2/c1-2-22-13(21)11-8(7-15)12(16)20(19-11)14-17-9-5-3-4-6-10(9)18-14/h3-6H,2,16H2,1H3,(H,17,18). The zero-order valence-corrected chi connectivity index (χ0v) is 11.7. The molecule has 0 aliphatic rings. The number of esters is 1. The van der Waals surface area contributed by atoms with Gasteiger partial charge in [0.05, 0.1) is 17.6 Å². The number of aromatic nitrogens is 4. The smallest absolute Gasteiger partial charge is 0.360 e. The molecule has 0 unspecified atom stereocenters. The third-order valence-corrected chi connectivity index (χ3v) is 3.08. The van der Waals surface area contributed by atoms with Crippen molar-refractivity contribution in [3.63, 3.8) is 0 Å². The largest absolute Gasteiger partial charge is 0.461 e. The van der Waals surface area contributed by atoms with Crippen LogP contribution in [0.3, 0.4) is 0 Å². The van der Waals surface area contributed by atoms with Crippen LogP contribution < -0.4 is 5.73 Å². The SMILES string of the molecule is CCOC(=O)c1nn(-c2nc3ccccc3[nH]2)c(N)c1C#N. The molecule has 0 spiro atoms. The van der Waals surface area contributed by atoms with Gasteiger partial charge in [0.25, 0.3) is 0 Å². The highest BCUT2D eigenvalue weighted by atomic mass is 16.5. The fourth-order valence-electron chi connectivity index (χ4n) is 2.08. The fourth-order valence-corrected chi connectivity index (χ4v) is 2.08. The van der Waals surface area contributed by atoms with Gasteiger partial charge in [-0.15, -0.1) is 0 Å². The number of nitrogens with one attached hydrogen (secondary N) is 1. The molecule has 110 valence electrons. The van der Waals surface area contributed by atoms with Crippen LogP contribution in [0.4, 0.5) is 5.82 Å². The number of anilines is 1. The van der Waals surface area contributed by atoms with Crippen molar-refractivity contribution in [2.45, 2.75) is 6.92 Å². The molecule has 0 amide bonds. The molecule has 0 radical (unpaired) electrons. The summed E-state index contributed by atoms with van der Waals surface area (Å²) in [5.41, 5.74) is 7.28. The predicted molar refractivity (Wildman–Crippen MR) is 78.3 cm³/mol. The van der Waals surface area contributed by atoms with Crippen molar-refractivity contribution >= 4 is 22.8 Å². The van der Waals surface area contributed by atoms with E-state index in [0.717, 1.165) is 11.0 Å². The lowest BCUT2D eigenvalue weighted by molar-refractivity contribution is 0.0518. The molecule has 22 heavy (non-hydrogen) atoms. The Bertz CT molecular complexity index is 869. The lowest BCUT2D eigenvalue weighted by atomic mass is 10.2. The number of ether oxygens (including phenoxy) is 1. The summed E-state index contributed by atoms with van der Waals surface area (Å²) in [6.45, 7) is 1.85. The van der Waals surface area contributed by atoms with E-state index in [-0.39, 0.29) is 23.7 Å². The number of para-hydroxylation sites is 2. The molecule has 1 aromatic carbocycles. The van der Waals surface area contributed by atoms with Gasteiger partial charge >= 0.3 is 5.97 Å². The van der Waals surface area contributed by atoms with E-state index in [4.69, 9.17) is 10.5 Å². The summed E-state index contributed by atoms with van der Waals surface area (Å²) in [7, 11) is 0. The number of H-pyrrole nitrogens is 1. The first-order chi connectivity index (χ1) is 10.7. The van der Waals surface area contributed by atoms with Crippen LogP contribution in [-0.4, -0.2) is 32.3 Å². The van der Waals surface area contributed by atoms with Gasteiger partial charge in [0.1, 0.15) is 17.5 Å². The van der Waals surface area contributed by atoms with Crippen LogP contribution in [0.2, 0.25) is 0 Å². The summed E-state index contributed by atoms with van der Waals surface area (Å²) in [5.74, 6) is -0.337. The van der Waals surface area contributed by atoms with Crippen LogP contribution >= 0.6 is 0 Å². The average Bonchev–Trinajstić information content (AvgIpc) is 3.07. The van der Waals surface area contributed by atoms with Crippen molar-refractivity contribution in [3.8, 4) is 12.0 Å². The number of nitrogens with two attached hydrogens (primary N) is 1. The van der Waals surface area contributed by atoms with E-state index < -0.39 is 5.97 Å². The number of hydrogen-bond donors (Lipinski definition) is 2. The molecule has 8 nitrogen and oxygen atoms in total. The highest BCUT2D eigenvalue weighted by molar-refractivity contribution is 5.92. The molecule has 0 aliphatic carbocycles. The molecule has 0 fully saturated rings. The molecule has 3 N–H and O–H groups in total. The Hall–Kier alpha value is -3.34. The molecule has 0 saturated heterocycles. The number of carbonyl (C=O) groups is 1.